The molecule has 0 aromatic rings. The first-order valence-corrected chi connectivity index (χ1v) is 4.28. The quantitative estimate of drug-likeness (QED) is 0.452. The van der Waals surface area contributed by atoms with E-state index in [9.17, 15) is 0 Å². The van der Waals surface area contributed by atoms with Crippen LogP contribution in [0.3, 0.4) is 0 Å². The Balaban J connectivity index is 3.08. The van der Waals surface area contributed by atoms with Gasteiger partial charge in [0.25, 0.3) is 0 Å². The third-order valence-corrected chi connectivity index (χ3v) is 1.67. The average molecular weight is 177 g/mol. The minimum Gasteiger partial charge on any atom is -0.394 e. The first kappa shape index (κ1) is 11.8. The van der Waals surface area contributed by atoms with E-state index in [1.807, 2.05) is 6.92 Å². The van der Waals surface area contributed by atoms with E-state index in [1.54, 1.807) is 6.92 Å². The fourth-order valence-corrected chi connectivity index (χ4v) is 0.696. The van der Waals surface area contributed by atoms with Gasteiger partial charge in [-0.05, 0) is 13.8 Å². The highest BCUT2D eigenvalue weighted by Crippen LogP contribution is 1.88. The molecule has 0 aromatic heterocycles. The number of hydrogen-bond acceptors (Lipinski definition) is 4. The second kappa shape index (κ2) is 7.49. The molecule has 3 N–H and O–H groups in total. The van der Waals surface area contributed by atoms with Crippen LogP contribution in [0.5, 0.6) is 0 Å². The summed E-state index contributed by atoms with van der Waals surface area (Å²) in [5.74, 6) is 0. The molecule has 0 aliphatic rings. The summed E-state index contributed by atoms with van der Waals surface area (Å²) in [5.41, 5.74) is 0. The summed E-state index contributed by atoms with van der Waals surface area (Å²) in [5, 5.41) is 20.5. The summed E-state index contributed by atoms with van der Waals surface area (Å²) < 4.78 is 5.02. The molecule has 0 rings (SSSR count). The van der Waals surface area contributed by atoms with Crippen molar-refractivity contribution in [3.63, 3.8) is 0 Å². The predicted molar refractivity (Wildman–Crippen MR) is 47.1 cm³/mol. The number of hydrogen-bond donors (Lipinski definition) is 3. The molecule has 0 amide bonds. The molecule has 0 saturated carbocycles. The van der Waals surface area contributed by atoms with Crippen molar-refractivity contribution >= 4 is 0 Å². The van der Waals surface area contributed by atoms with Crippen molar-refractivity contribution in [3.8, 4) is 0 Å². The summed E-state index contributed by atoms with van der Waals surface area (Å²) in [4.78, 5) is 0. The third kappa shape index (κ3) is 6.54. The average Bonchev–Trinajstić information content (AvgIpc) is 2.03. The van der Waals surface area contributed by atoms with Gasteiger partial charge >= 0.3 is 0 Å². The fourth-order valence-electron chi connectivity index (χ4n) is 0.696. The molecular formula is C8H19NO3. The predicted octanol–water partition coefficient (Wildman–Crippen LogP) is -0.646. The molecule has 0 heterocycles. The molecule has 2 atom stereocenters. The van der Waals surface area contributed by atoms with Gasteiger partial charge in [-0.3, -0.25) is 0 Å². The van der Waals surface area contributed by atoms with Crippen LogP contribution in [-0.4, -0.2) is 48.7 Å². The van der Waals surface area contributed by atoms with Crippen LogP contribution in [0.15, 0.2) is 0 Å². The maximum absolute atomic E-state index is 9.08. The molecule has 0 spiro atoms. The van der Waals surface area contributed by atoms with Gasteiger partial charge < -0.3 is 20.3 Å². The first-order valence-electron chi connectivity index (χ1n) is 4.28. The molecule has 0 aliphatic heterocycles. The van der Waals surface area contributed by atoms with Crippen molar-refractivity contribution in [2.45, 2.75) is 26.0 Å². The third-order valence-electron chi connectivity index (χ3n) is 1.67. The van der Waals surface area contributed by atoms with Crippen molar-refractivity contribution < 1.29 is 14.9 Å². The number of ether oxygens (including phenoxy) is 1. The summed E-state index contributed by atoms with van der Waals surface area (Å²) in [6, 6.07) is 0.0859. The maximum atomic E-state index is 9.08. The molecule has 0 fully saturated rings. The number of aliphatic hydroxyl groups is 2. The van der Waals surface area contributed by atoms with Crippen LogP contribution in [-0.2, 0) is 4.74 Å². The standard InChI is InChI=1S/C8H19NO3/c1-7(8(2)11)9-3-5-12-6-4-10/h7-11H,3-6H2,1-2H3. The zero-order chi connectivity index (χ0) is 9.40. The van der Waals surface area contributed by atoms with Crippen molar-refractivity contribution in [3.05, 3.63) is 0 Å². The van der Waals surface area contributed by atoms with Crippen LogP contribution in [0.25, 0.3) is 0 Å². The lowest BCUT2D eigenvalue weighted by Crippen LogP contribution is -2.37. The van der Waals surface area contributed by atoms with E-state index in [1.165, 1.54) is 0 Å². The van der Waals surface area contributed by atoms with Crippen molar-refractivity contribution in [2.75, 3.05) is 26.4 Å². The SMILES string of the molecule is CC(O)C(C)NCCOCCO. The molecule has 0 aliphatic carbocycles. The molecule has 74 valence electrons. The Labute approximate surface area is 73.5 Å². The maximum Gasteiger partial charge on any atom is 0.0698 e. The normalized spacial score (nSPS) is 16.0. The van der Waals surface area contributed by atoms with E-state index in [0.717, 1.165) is 0 Å². The minimum atomic E-state index is -0.345. The van der Waals surface area contributed by atoms with Gasteiger partial charge in [-0.15, -0.1) is 0 Å². The molecule has 0 bridgehead atoms. The molecule has 12 heavy (non-hydrogen) atoms. The van der Waals surface area contributed by atoms with Crippen LogP contribution >= 0.6 is 0 Å². The van der Waals surface area contributed by atoms with Crippen LogP contribution in [0.2, 0.25) is 0 Å². The Morgan fingerprint density at radius 3 is 2.50 bits per heavy atom. The van der Waals surface area contributed by atoms with Gasteiger partial charge in [0.1, 0.15) is 0 Å². The summed E-state index contributed by atoms with van der Waals surface area (Å²) in [7, 11) is 0. The Kier molecular flexibility index (Phi) is 7.39. The highest BCUT2D eigenvalue weighted by molar-refractivity contribution is 4.65. The number of nitrogens with one attached hydrogen (secondary N) is 1. The fraction of sp³-hybridized carbons (Fsp3) is 1.00. The zero-order valence-corrected chi connectivity index (χ0v) is 7.79. The van der Waals surface area contributed by atoms with Gasteiger partial charge in [-0.25, -0.2) is 0 Å². The van der Waals surface area contributed by atoms with E-state index < -0.39 is 0 Å². The van der Waals surface area contributed by atoms with Gasteiger partial charge in [-0.1, -0.05) is 0 Å². The molecule has 4 heteroatoms. The van der Waals surface area contributed by atoms with Crippen molar-refractivity contribution in [1.29, 1.82) is 0 Å². The highest BCUT2D eigenvalue weighted by atomic mass is 16.5. The van der Waals surface area contributed by atoms with Gasteiger partial charge in [0.15, 0.2) is 0 Å². The van der Waals surface area contributed by atoms with Gasteiger partial charge in [-0.2, -0.15) is 0 Å². The molecule has 0 radical (unpaired) electrons. The molecule has 0 saturated heterocycles. The number of rotatable bonds is 7. The van der Waals surface area contributed by atoms with Gasteiger partial charge in [0.2, 0.25) is 0 Å². The second-order valence-electron chi connectivity index (χ2n) is 2.82. The highest BCUT2D eigenvalue weighted by Gasteiger charge is 2.05. The van der Waals surface area contributed by atoms with Crippen molar-refractivity contribution in [1.82, 2.24) is 5.32 Å². The monoisotopic (exact) mass is 177 g/mol. The Morgan fingerprint density at radius 2 is 2.00 bits per heavy atom. The Hall–Kier alpha value is -0.160. The molecule has 4 nitrogen and oxygen atoms in total. The lowest BCUT2D eigenvalue weighted by atomic mass is 10.2. The summed E-state index contributed by atoms with van der Waals surface area (Å²) >= 11 is 0. The lowest BCUT2D eigenvalue weighted by Gasteiger charge is -2.16. The molecule has 0 aromatic carbocycles. The smallest absolute Gasteiger partial charge is 0.0698 e. The van der Waals surface area contributed by atoms with Crippen LogP contribution in [0, 0.1) is 0 Å². The topological polar surface area (TPSA) is 61.7 Å². The van der Waals surface area contributed by atoms with E-state index in [0.29, 0.717) is 19.8 Å². The Bertz CT molecular complexity index is 98.3. The lowest BCUT2D eigenvalue weighted by molar-refractivity contribution is 0.0871. The largest absolute Gasteiger partial charge is 0.394 e. The van der Waals surface area contributed by atoms with Gasteiger partial charge in [0, 0.05) is 12.6 Å². The van der Waals surface area contributed by atoms with E-state index in [-0.39, 0.29) is 18.8 Å². The molecular weight excluding hydrogens is 158 g/mol. The van der Waals surface area contributed by atoms with Crippen molar-refractivity contribution in [2.24, 2.45) is 0 Å². The van der Waals surface area contributed by atoms with E-state index in [2.05, 4.69) is 5.32 Å². The summed E-state index contributed by atoms with van der Waals surface area (Å²) in [6.45, 7) is 5.36. The van der Waals surface area contributed by atoms with Crippen LogP contribution in [0.1, 0.15) is 13.8 Å². The molecule has 2 unspecified atom stereocenters. The Morgan fingerprint density at radius 1 is 1.33 bits per heavy atom. The van der Waals surface area contributed by atoms with Crippen LogP contribution < -0.4 is 5.32 Å². The first-order chi connectivity index (χ1) is 5.68. The van der Waals surface area contributed by atoms with Crippen LogP contribution in [0.4, 0.5) is 0 Å². The minimum absolute atomic E-state index is 0.0615. The van der Waals surface area contributed by atoms with E-state index in [4.69, 9.17) is 14.9 Å². The summed E-state index contributed by atoms with van der Waals surface area (Å²) in [6.07, 6.45) is -0.345. The van der Waals surface area contributed by atoms with E-state index >= 15 is 0 Å². The number of aliphatic hydroxyl groups excluding tert-OH is 2. The van der Waals surface area contributed by atoms with Gasteiger partial charge in [0.05, 0.1) is 25.9 Å². The zero-order valence-electron chi connectivity index (χ0n) is 7.79. The second-order valence-corrected chi connectivity index (χ2v) is 2.82.